The van der Waals surface area contributed by atoms with Gasteiger partial charge in [0, 0.05) is 43.7 Å². The molecule has 3 aromatic heterocycles. The van der Waals surface area contributed by atoms with Crippen LogP contribution in [0.15, 0.2) is 224 Å². The van der Waals surface area contributed by atoms with Crippen molar-refractivity contribution in [2.24, 2.45) is 0 Å². The van der Waals surface area contributed by atoms with Crippen LogP contribution in [0.5, 0.6) is 0 Å². The van der Waals surface area contributed by atoms with Gasteiger partial charge >= 0.3 is 0 Å². The highest BCUT2D eigenvalue weighted by atomic mass is 15.2. The Labute approximate surface area is 409 Å². The van der Waals surface area contributed by atoms with E-state index in [9.17, 15) is 0 Å². The van der Waals surface area contributed by atoms with Crippen molar-refractivity contribution in [1.82, 2.24) is 24.1 Å². The Kier molecular flexibility index (Phi) is 8.35. The van der Waals surface area contributed by atoms with Crippen molar-refractivity contribution < 1.29 is 0 Å². The van der Waals surface area contributed by atoms with Crippen LogP contribution in [-0.2, 0) is 5.41 Å². The van der Waals surface area contributed by atoms with Gasteiger partial charge in [-0.25, -0.2) is 4.98 Å². The van der Waals surface area contributed by atoms with Crippen molar-refractivity contribution in [3.8, 4) is 56.7 Å². The zero-order valence-corrected chi connectivity index (χ0v) is 39.1. The van der Waals surface area contributed by atoms with Crippen LogP contribution in [0.1, 0.15) is 25.0 Å². The average Bonchev–Trinajstić information content (AvgIpc) is 4.03. The predicted octanol–water partition coefficient (Wildman–Crippen LogP) is 16.8. The van der Waals surface area contributed by atoms with E-state index in [1.54, 1.807) is 0 Å². The average molecular weight is 906 g/mol. The summed E-state index contributed by atoms with van der Waals surface area (Å²) in [6, 6.07) is 81.4. The first-order chi connectivity index (χ1) is 35.0. The zero-order chi connectivity index (χ0) is 47.0. The molecule has 332 valence electrons. The third kappa shape index (κ3) is 5.72. The van der Waals surface area contributed by atoms with Crippen molar-refractivity contribution in [1.29, 1.82) is 0 Å². The number of fused-ring (bicyclic) bond motifs is 16. The standard InChI is InChI=1S/C66H43N5/c1-66(2)54-28-14-10-25-49(54)50-35-33-42(39-55(50)66)64-67-63(40-18-4-3-5-19-40)68-65(69-64)71-58-31-17-13-27-52(58)62-60(71)37-36-59-61(62)51-26-12-16-30-57(51)70(59)56-29-15-11-20-43(56)41-32-34-48-46-23-7-6-21-44(46)45-22-8-9-24-47(45)53(48)38-41/h3-39H,1-2H3. The summed E-state index contributed by atoms with van der Waals surface area (Å²) in [4.78, 5) is 16.0. The van der Waals surface area contributed by atoms with Gasteiger partial charge in [0.1, 0.15) is 0 Å². The summed E-state index contributed by atoms with van der Waals surface area (Å²) < 4.78 is 4.72. The number of benzene rings is 11. The maximum atomic E-state index is 5.43. The number of rotatable bonds is 5. The maximum Gasteiger partial charge on any atom is 0.238 e. The van der Waals surface area contributed by atoms with Gasteiger partial charge in [-0.15, -0.1) is 0 Å². The molecular formula is C66H43N5. The molecule has 3 heterocycles. The second-order valence-corrected chi connectivity index (χ2v) is 19.5. The fourth-order valence-electron chi connectivity index (χ4n) is 12.1. The number of hydrogen-bond acceptors (Lipinski definition) is 3. The first-order valence-corrected chi connectivity index (χ1v) is 24.4. The first kappa shape index (κ1) is 39.8. The monoisotopic (exact) mass is 905 g/mol. The van der Waals surface area contributed by atoms with Crippen LogP contribution in [0.4, 0.5) is 0 Å². The molecule has 0 N–H and O–H groups in total. The maximum absolute atomic E-state index is 5.43. The van der Waals surface area contributed by atoms with Crippen LogP contribution in [0, 0.1) is 0 Å². The van der Waals surface area contributed by atoms with Gasteiger partial charge in [0.25, 0.3) is 0 Å². The van der Waals surface area contributed by atoms with Crippen LogP contribution in [0.3, 0.4) is 0 Å². The van der Waals surface area contributed by atoms with E-state index < -0.39 is 0 Å². The highest BCUT2D eigenvalue weighted by Crippen LogP contribution is 2.50. The Balaban J connectivity index is 0.960. The number of nitrogens with zero attached hydrogens (tertiary/aromatic N) is 5. The van der Waals surface area contributed by atoms with Crippen LogP contribution >= 0.6 is 0 Å². The summed E-state index contributed by atoms with van der Waals surface area (Å²) in [5, 5.41) is 12.3. The Morgan fingerprint density at radius 2 is 0.803 bits per heavy atom. The highest BCUT2D eigenvalue weighted by molar-refractivity contribution is 6.29. The molecule has 5 heteroatoms. The van der Waals surface area contributed by atoms with Crippen LogP contribution < -0.4 is 0 Å². The minimum atomic E-state index is -0.169. The summed E-state index contributed by atoms with van der Waals surface area (Å²) in [7, 11) is 0. The zero-order valence-electron chi connectivity index (χ0n) is 39.1. The molecule has 0 saturated heterocycles. The van der Waals surface area contributed by atoms with E-state index in [0.717, 1.165) is 49.7 Å². The molecule has 5 nitrogen and oxygen atoms in total. The molecule has 0 unspecified atom stereocenters. The van der Waals surface area contributed by atoms with E-state index >= 15 is 0 Å². The molecular weight excluding hydrogens is 863 g/mol. The fourth-order valence-corrected chi connectivity index (χ4v) is 12.1. The van der Waals surface area contributed by atoms with Crippen LogP contribution in [0.2, 0.25) is 0 Å². The topological polar surface area (TPSA) is 48.5 Å². The summed E-state index contributed by atoms with van der Waals surface area (Å²) in [5.74, 6) is 1.84. The molecule has 0 fully saturated rings. The van der Waals surface area contributed by atoms with Gasteiger partial charge in [0.05, 0.1) is 27.8 Å². The van der Waals surface area contributed by atoms with Gasteiger partial charge < -0.3 is 4.57 Å². The molecule has 15 rings (SSSR count). The fraction of sp³-hybridized carbons (Fsp3) is 0.0455. The van der Waals surface area contributed by atoms with Crippen molar-refractivity contribution in [2.45, 2.75) is 19.3 Å². The summed E-state index contributed by atoms with van der Waals surface area (Å²) in [6.45, 7) is 4.63. The quantitative estimate of drug-likeness (QED) is 0.162. The molecule has 0 radical (unpaired) electrons. The van der Waals surface area contributed by atoms with E-state index in [0.29, 0.717) is 17.6 Å². The first-order valence-electron chi connectivity index (χ1n) is 24.4. The predicted molar refractivity (Wildman–Crippen MR) is 295 cm³/mol. The minimum Gasteiger partial charge on any atom is -0.309 e. The van der Waals surface area contributed by atoms with E-state index in [-0.39, 0.29) is 5.41 Å². The van der Waals surface area contributed by atoms with Crippen LogP contribution in [0.25, 0.3) is 133 Å². The van der Waals surface area contributed by atoms with Crippen LogP contribution in [-0.4, -0.2) is 24.1 Å². The molecule has 1 aliphatic rings. The number of hydrogen-bond donors (Lipinski definition) is 0. The van der Waals surface area contributed by atoms with Crippen molar-refractivity contribution >= 4 is 75.9 Å². The lowest BCUT2D eigenvalue weighted by atomic mass is 9.82. The SMILES string of the molecule is CC1(C)c2ccccc2-c2ccc(-c3nc(-c4ccccc4)nc(-n4c5ccccc5c5c6c7ccccc7n(-c7ccccc7-c7ccc8c9ccccc9c9ccccc9c8c7)c6ccc54)n3)cc21. The Hall–Kier alpha value is -9.19. The normalized spacial score (nSPS) is 13.0. The Bertz CT molecular complexity index is 4520. The molecule has 0 atom stereocenters. The second-order valence-electron chi connectivity index (χ2n) is 19.5. The van der Waals surface area contributed by atoms with Gasteiger partial charge in [0.15, 0.2) is 11.6 Å². The van der Waals surface area contributed by atoms with Gasteiger partial charge in [0.2, 0.25) is 5.95 Å². The van der Waals surface area contributed by atoms with E-state index in [1.165, 1.54) is 76.5 Å². The van der Waals surface area contributed by atoms with Gasteiger partial charge in [-0.2, -0.15) is 9.97 Å². The third-order valence-corrected chi connectivity index (χ3v) is 15.4. The van der Waals surface area contributed by atoms with E-state index in [2.05, 4.69) is 229 Å². The van der Waals surface area contributed by atoms with E-state index in [1.807, 2.05) is 18.2 Å². The molecule has 71 heavy (non-hydrogen) atoms. The molecule has 11 aromatic carbocycles. The third-order valence-electron chi connectivity index (χ3n) is 15.4. The van der Waals surface area contributed by atoms with Gasteiger partial charge in [-0.3, -0.25) is 4.57 Å². The van der Waals surface area contributed by atoms with Crippen molar-refractivity contribution in [3.63, 3.8) is 0 Å². The molecule has 0 spiro atoms. The molecule has 1 aliphatic carbocycles. The lowest BCUT2D eigenvalue weighted by molar-refractivity contribution is 0.660. The lowest BCUT2D eigenvalue weighted by Crippen LogP contribution is -2.15. The van der Waals surface area contributed by atoms with Crippen molar-refractivity contribution in [3.05, 3.63) is 236 Å². The molecule has 0 aliphatic heterocycles. The molecule has 0 amide bonds. The molecule has 0 bridgehead atoms. The number of aromatic nitrogens is 5. The lowest BCUT2D eigenvalue weighted by Gasteiger charge is -2.21. The minimum absolute atomic E-state index is 0.169. The Morgan fingerprint density at radius 3 is 1.49 bits per heavy atom. The molecule has 14 aromatic rings. The van der Waals surface area contributed by atoms with E-state index in [4.69, 9.17) is 15.0 Å². The smallest absolute Gasteiger partial charge is 0.238 e. The second kappa shape index (κ2) is 14.9. The number of para-hydroxylation sites is 3. The highest BCUT2D eigenvalue weighted by Gasteiger charge is 2.35. The van der Waals surface area contributed by atoms with Crippen molar-refractivity contribution in [2.75, 3.05) is 0 Å². The largest absolute Gasteiger partial charge is 0.309 e. The summed E-state index contributed by atoms with van der Waals surface area (Å²) >= 11 is 0. The van der Waals surface area contributed by atoms with Gasteiger partial charge in [-0.05, 0) is 103 Å². The molecule has 0 saturated carbocycles. The summed E-state index contributed by atoms with van der Waals surface area (Å²) in [6.07, 6.45) is 0. The Morgan fingerprint density at radius 1 is 0.310 bits per heavy atom. The van der Waals surface area contributed by atoms with Gasteiger partial charge in [-0.1, -0.05) is 196 Å². The summed E-state index contributed by atoms with van der Waals surface area (Å²) in [5.41, 5.74) is 14.7.